The lowest BCUT2D eigenvalue weighted by molar-refractivity contribution is -0.332. The molecule has 69 heavy (non-hydrogen) atoms. The first-order valence-electron chi connectivity index (χ1n) is 25.8. The highest BCUT2D eigenvalue weighted by Gasteiger charge is 2.47. The molecule has 2 rings (SSSR count). The van der Waals surface area contributed by atoms with E-state index in [0.717, 1.165) is 116 Å². The van der Waals surface area contributed by atoms with Gasteiger partial charge in [0.1, 0.15) is 54.9 Å². The van der Waals surface area contributed by atoms with Gasteiger partial charge in [0.2, 0.25) is 0 Å². The number of hydrogen-bond donors (Lipinski definition) is 7. The average Bonchev–Trinajstić information content (AvgIpc) is 3.35. The summed E-state index contributed by atoms with van der Waals surface area (Å²) in [5.74, 6) is -0.411. The number of rotatable bonds is 39. The Morgan fingerprint density at radius 2 is 0.899 bits per heavy atom. The van der Waals surface area contributed by atoms with Gasteiger partial charge in [-0.3, -0.25) is 4.79 Å². The van der Waals surface area contributed by atoms with Gasteiger partial charge in [-0.2, -0.15) is 0 Å². The summed E-state index contributed by atoms with van der Waals surface area (Å²) < 4.78 is 34.2. The van der Waals surface area contributed by atoms with Gasteiger partial charge in [0.05, 0.1) is 26.4 Å². The Labute approximate surface area is 413 Å². The topological polar surface area (TPSA) is 214 Å². The highest BCUT2D eigenvalue weighted by atomic mass is 16.7. The highest BCUT2D eigenvalue weighted by Crippen LogP contribution is 2.26. The van der Waals surface area contributed by atoms with Crippen molar-refractivity contribution < 1.29 is 69.0 Å². The lowest BCUT2D eigenvalue weighted by atomic mass is 9.98. The molecule has 0 aromatic rings. The molecule has 0 radical (unpaired) electrons. The lowest BCUT2D eigenvalue weighted by Gasteiger charge is -2.42. The zero-order valence-electron chi connectivity index (χ0n) is 41.8. The van der Waals surface area contributed by atoms with Crippen LogP contribution in [-0.2, 0) is 33.2 Å². The second-order valence-corrected chi connectivity index (χ2v) is 17.6. The van der Waals surface area contributed by atoms with Crippen LogP contribution in [0.1, 0.15) is 142 Å². The fourth-order valence-electron chi connectivity index (χ4n) is 7.44. The Morgan fingerprint density at radius 3 is 1.41 bits per heavy atom. The maximum absolute atomic E-state index is 13.0. The van der Waals surface area contributed by atoms with Crippen LogP contribution in [-0.4, -0.2) is 142 Å². The molecule has 0 aliphatic carbocycles. The summed E-state index contributed by atoms with van der Waals surface area (Å²) in [5, 5.41) is 72.2. The van der Waals surface area contributed by atoms with E-state index >= 15 is 0 Å². The van der Waals surface area contributed by atoms with Crippen molar-refractivity contribution in [1.29, 1.82) is 0 Å². The summed E-state index contributed by atoms with van der Waals surface area (Å²) in [5.41, 5.74) is 0. The molecule has 11 unspecified atom stereocenters. The maximum Gasteiger partial charge on any atom is 0.306 e. The zero-order chi connectivity index (χ0) is 50.2. The van der Waals surface area contributed by atoms with Crippen molar-refractivity contribution in [2.45, 2.75) is 210 Å². The summed E-state index contributed by atoms with van der Waals surface area (Å²) in [4.78, 5) is 13.0. The third-order valence-electron chi connectivity index (χ3n) is 11.6. The summed E-state index contributed by atoms with van der Waals surface area (Å²) in [7, 11) is 0. The molecular weight excluding hydrogens is 885 g/mol. The standard InChI is InChI=1S/C55H90O14/c1-3-5-7-9-11-13-15-17-19-21-23-25-27-29-31-33-35-37-39-64-41-44(67-47(57)38-36-34-32-30-28-26-24-22-20-18-16-14-12-10-8-6-4-2)42-65-54-53(63)51(61)49(59)46(69-54)43-66-55-52(62)50(60)48(58)45(40-56)68-55/h5-8,11-14,17-20,23-26,44-46,48-56,58-63H,3-4,9-10,15-16,21-22,27-43H2,1-2H3/b7-5-,8-6-,13-11-,14-12-,19-17-,20-18-,25-23-,26-24-. The molecule has 7 N–H and O–H groups in total. The predicted octanol–water partition coefficient (Wildman–Crippen LogP) is 7.85. The molecule has 2 aliphatic heterocycles. The number of unbranched alkanes of at least 4 members (excludes halogenated alkanes) is 9. The fourth-order valence-corrected chi connectivity index (χ4v) is 7.44. The smallest absolute Gasteiger partial charge is 0.306 e. The first kappa shape index (κ1) is 62.0. The number of allylic oxidation sites excluding steroid dienone is 16. The largest absolute Gasteiger partial charge is 0.457 e. The van der Waals surface area contributed by atoms with Crippen LogP contribution in [0.25, 0.3) is 0 Å². The molecule has 0 amide bonds. The lowest BCUT2D eigenvalue weighted by Crippen LogP contribution is -2.61. The number of hydrogen-bond acceptors (Lipinski definition) is 14. The molecule has 2 fully saturated rings. The first-order chi connectivity index (χ1) is 33.6. The molecule has 2 saturated heterocycles. The predicted molar refractivity (Wildman–Crippen MR) is 270 cm³/mol. The minimum Gasteiger partial charge on any atom is -0.457 e. The maximum atomic E-state index is 13.0. The van der Waals surface area contributed by atoms with Crippen molar-refractivity contribution in [3.8, 4) is 0 Å². The van der Waals surface area contributed by atoms with Crippen molar-refractivity contribution in [3.63, 3.8) is 0 Å². The summed E-state index contributed by atoms with van der Waals surface area (Å²) >= 11 is 0. The van der Waals surface area contributed by atoms with E-state index in [9.17, 15) is 40.5 Å². The number of aliphatic hydroxyl groups excluding tert-OH is 7. The second-order valence-electron chi connectivity index (χ2n) is 17.6. The van der Waals surface area contributed by atoms with E-state index in [-0.39, 0.29) is 19.6 Å². The van der Waals surface area contributed by atoms with Crippen molar-refractivity contribution in [2.75, 3.05) is 33.0 Å². The molecule has 2 aliphatic rings. The quantitative estimate of drug-likeness (QED) is 0.0178. The molecule has 0 aromatic heterocycles. The van der Waals surface area contributed by atoms with Crippen LogP contribution in [0, 0.1) is 0 Å². The Kier molecular flexibility index (Phi) is 37.3. The molecular formula is C55H90O14. The second kappa shape index (κ2) is 41.5. The van der Waals surface area contributed by atoms with Crippen molar-refractivity contribution >= 4 is 5.97 Å². The Morgan fingerprint density at radius 1 is 0.478 bits per heavy atom. The number of carbonyl (C=O) groups is 1. The molecule has 0 bridgehead atoms. The molecule has 0 aromatic carbocycles. The van der Waals surface area contributed by atoms with Gasteiger partial charge in [-0.1, -0.05) is 143 Å². The third kappa shape index (κ3) is 29.1. The van der Waals surface area contributed by atoms with Crippen LogP contribution in [0.4, 0.5) is 0 Å². The van der Waals surface area contributed by atoms with Gasteiger partial charge in [0.25, 0.3) is 0 Å². The van der Waals surface area contributed by atoms with Crippen LogP contribution in [0.5, 0.6) is 0 Å². The van der Waals surface area contributed by atoms with Gasteiger partial charge in [-0.15, -0.1) is 0 Å². The van der Waals surface area contributed by atoms with Crippen molar-refractivity contribution in [1.82, 2.24) is 0 Å². The number of ether oxygens (including phenoxy) is 6. The van der Waals surface area contributed by atoms with Gasteiger partial charge >= 0.3 is 5.97 Å². The van der Waals surface area contributed by atoms with Crippen LogP contribution in [0.15, 0.2) is 97.2 Å². The van der Waals surface area contributed by atoms with E-state index in [1.807, 2.05) is 0 Å². The fraction of sp³-hybridized carbons (Fsp3) is 0.691. The number of aliphatic hydroxyl groups is 7. The Balaban J connectivity index is 1.80. The van der Waals surface area contributed by atoms with Crippen LogP contribution < -0.4 is 0 Å². The third-order valence-corrected chi connectivity index (χ3v) is 11.6. The molecule has 2 heterocycles. The number of esters is 1. The average molecular weight is 975 g/mol. The highest BCUT2D eigenvalue weighted by molar-refractivity contribution is 5.69. The SMILES string of the molecule is CC/C=C\C/C=C\C/C=C\C/C=C\CCCCCCCOCC(COC1OC(COC2OC(CO)C(O)C(O)C2O)C(O)C(O)C1O)OC(=O)CCCCCC/C=C\C/C=C\C/C=C\C/C=C\CC. The molecule has 0 spiro atoms. The van der Waals surface area contributed by atoms with E-state index in [0.29, 0.717) is 13.0 Å². The van der Waals surface area contributed by atoms with E-state index in [1.165, 1.54) is 0 Å². The summed E-state index contributed by atoms with van der Waals surface area (Å²) in [6.07, 6.45) is 37.5. The van der Waals surface area contributed by atoms with Crippen LogP contribution in [0.3, 0.4) is 0 Å². The molecule has 14 nitrogen and oxygen atoms in total. The van der Waals surface area contributed by atoms with Crippen LogP contribution in [0.2, 0.25) is 0 Å². The first-order valence-corrected chi connectivity index (χ1v) is 25.8. The normalized spacial score (nSPS) is 26.5. The van der Waals surface area contributed by atoms with Gasteiger partial charge in [-0.25, -0.2) is 0 Å². The van der Waals surface area contributed by atoms with Gasteiger partial charge < -0.3 is 64.2 Å². The minimum absolute atomic E-state index is 0.0318. The molecule has 14 heteroatoms. The molecule has 11 atom stereocenters. The van der Waals surface area contributed by atoms with Crippen molar-refractivity contribution in [2.24, 2.45) is 0 Å². The summed E-state index contributed by atoms with van der Waals surface area (Å²) in [6, 6.07) is 0. The van der Waals surface area contributed by atoms with Gasteiger partial charge in [0, 0.05) is 13.0 Å². The van der Waals surface area contributed by atoms with E-state index < -0.39 is 86.7 Å². The van der Waals surface area contributed by atoms with Crippen LogP contribution >= 0.6 is 0 Å². The molecule has 394 valence electrons. The van der Waals surface area contributed by atoms with Gasteiger partial charge in [0.15, 0.2) is 12.6 Å². The van der Waals surface area contributed by atoms with E-state index in [4.69, 9.17) is 28.4 Å². The zero-order valence-corrected chi connectivity index (χ0v) is 41.8. The Hall–Kier alpha value is -3.09. The minimum atomic E-state index is -1.72. The monoisotopic (exact) mass is 975 g/mol. The molecule has 0 saturated carbocycles. The van der Waals surface area contributed by atoms with Gasteiger partial charge in [-0.05, 0) is 89.9 Å². The Bertz CT molecular complexity index is 1500. The van der Waals surface area contributed by atoms with Crippen molar-refractivity contribution in [3.05, 3.63) is 97.2 Å². The van der Waals surface area contributed by atoms with E-state index in [2.05, 4.69) is 111 Å². The number of carbonyl (C=O) groups excluding carboxylic acids is 1. The summed E-state index contributed by atoms with van der Waals surface area (Å²) in [6.45, 7) is 3.35. The van der Waals surface area contributed by atoms with E-state index in [1.54, 1.807) is 0 Å².